The van der Waals surface area contributed by atoms with E-state index in [0.717, 1.165) is 6.07 Å². The molecule has 6 heteroatoms. The number of nitrogens with two attached hydrogens (primary N) is 1. The second-order valence-corrected chi connectivity index (χ2v) is 4.11. The van der Waals surface area contributed by atoms with Crippen molar-refractivity contribution in [2.45, 2.75) is 6.04 Å². The molecule has 0 aliphatic carbocycles. The molecular formula is C14H13F3N2O. The largest absolute Gasteiger partial charge is 0.494 e. The van der Waals surface area contributed by atoms with Crippen molar-refractivity contribution in [1.29, 1.82) is 0 Å². The summed E-state index contributed by atoms with van der Waals surface area (Å²) in [6.07, 6.45) is 0. The van der Waals surface area contributed by atoms with E-state index in [-0.39, 0.29) is 16.9 Å². The molecule has 3 N–H and O–H groups in total. The summed E-state index contributed by atoms with van der Waals surface area (Å²) in [7, 11) is 1.32. The Morgan fingerprint density at radius 1 is 1.00 bits per heavy atom. The van der Waals surface area contributed by atoms with Gasteiger partial charge in [-0.2, -0.15) is 0 Å². The Hall–Kier alpha value is -2.05. The quantitative estimate of drug-likeness (QED) is 0.669. The first kappa shape index (κ1) is 14.4. The van der Waals surface area contributed by atoms with Gasteiger partial charge in [-0.25, -0.2) is 18.6 Å². The highest BCUT2D eigenvalue weighted by atomic mass is 19.2. The van der Waals surface area contributed by atoms with Gasteiger partial charge in [0, 0.05) is 11.1 Å². The molecular weight excluding hydrogens is 269 g/mol. The van der Waals surface area contributed by atoms with Gasteiger partial charge in [-0.1, -0.05) is 24.3 Å². The molecule has 106 valence electrons. The third kappa shape index (κ3) is 2.48. The molecule has 0 fully saturated rings. The van der Waals surface area contributed by atoms with E-state index in [4.69, 9.17) is 10.6 Å². The zero-order valence-electron chi connectivity index (χ0n) is 10.7. The first-order valence-electron chi connectivity index (χ1n) is 5.82. The Morgan fingerprint density at radius 3 is 2.20 bits per heavy atom. The fourth-order valence-electron chi connectivity index (χ4n) is 2.00. The van der Waals surface area contributed by atoms with Crippen LogP contribution in [-0.4, -0.2) is 7.11 Å². The van der Waals surface area contributed by atoms with Crippen LogP contribution in [0.2, 0.25) is 0 Å². The lowest BCUT2D eigenvalue weighted by Gasteiger charge is -2.19. The Balaban J connectivity index is 2.56. The number of methoxy groups -OCH3 is 1. The highest BCUT2D eigenvalue weighted by Gasteiger charge is 2.23. The highest BCUT2D eigenvalue weighted by molar-refractivity contribution is 5.39. The van der Waals surface area contributed by atoms with Crippen molar-refractivity contribution in [2.24, 2.45) is 5.84 Å². The van der Waals surface area contributed by atoms with Gasteiger partial charge in [0.1, 0.15) is 0 Å². The molecule has 3 nitrogen and oxygen atoms in total. The van der Waals surface area contributed by atoms with Crippen LogP contribution in [0.25, 0.3) is 0 Å². The number of hydrogen-bond donors (Lipinski definition) is 2. The average Bonchev–Trinajstić information content (AvgIpc) is 2.46. The zero-order valence-corrected chi connectivity index (χ0v) is 10.7. The Bertz CT molecular complexity index is 619. The maximum absolute atomic E-state index is 14.2. The lowest BCUT2D eigenvalue weighted by atomic mass is 9.98. The molecule has 2 rings (SSSR count). The highest BCUT2D eigenvalue weighted by Crippen LogP contribution is 2.30. The second kappa shape index (κ2) is 5.94. The van der Waals surface area contributed by atoms with Gasteiger partial charge in [0.2, 0.25) is 0 Å². The standard InChI is InChI=1S/C14H13F3N2O/c1-20-11-7-3-5-9(13(11)17)14(19-18)8-4-2-6-10(15)12(8)16/h2-7,14,19H,18H2,1H3. The molecule has 2 aromatic rings. The molecule has 2 aromatic carbocycles. The fraction of sp³-hybridized carbons (Fsp3) is 0.143. The summed E-state index contributed by atoms with van der Waals surface area (Å²) in [4.78, 5) is 0. The van der Waals surface area contributed by atoms with Crippen LogP contribution in [0.4, 0.5) is 13.2 Å². The lowest BCUT2D eigenvalue weighted by Crippen LogP contribution is -2.30. The van der Waals surface area contributed by atoms with Gasteiger partial charge in [-0.15, -0.1) is 0 Å². The number of ether oxygens (including phenoxy) is 1. The number of rotatable bonds is 4. The van der Waals surface area contributed by atoms with Gasteiger partial charge in [0.25, 0.3) is 0 Å². The number of hydrogen-bond acceptors (Lipinski definition) is 3. The minimum atomic E-state index is -1.07. The molecule has 1 atom stereocenters. The van der Waals surface area contributed by atoms with Gasteiger partial charge < -0.3 is 4.74 Å². The molecule has 0 radical (unpaired) electrons. The van der Waals surface area contributed by atoms with Crippen LogP contribution in [0.5, 0.6) is 5.75 Å². The van der Waals surface area contributed by atoms with Crippen LogP contribution in [0, 0.1) is 17.5 Å². The predicted molar refractivity (Wildman–Crippen MR) is 68.5 cm³/mol. The second-order valence-electron chi connectivity index (χ2n) is 4.11. The monoisotopic (exact) mass is 282 g/mol. The summed E-state index contributed by atoms with van der Waals surface area (Å²) in [5, 5.41) is 0. The normalized spacial score (nSPS) is 12.2. The topological polar surface area (TPSA) is 47.3 Å². The molecule has 0 aromatic heterocycles. The summed E-state index contributed by atoms with van der Waals surface area (Å²) in [5.41, 5.74) is 2.28. The maximum atomic E-state index is 14.2. The average molecular weight is 282 g/mol. The zero-order chi connectivity index (χ0) is 14.7. The van der Waals surface area contributed by atoms with E-state index in [2.05, 4.69) is 5.43 Å². The van der Waals surface area contributed by atoms with E-state index in [1.165, 1.54) is 31.4 Å². The molecule has 0 amide bonds. The van der Waals surface area contributed by atoms with Gasteiger partial charge in [0.15, 0.2) is 23.2 Å². The van der Waals surface area contributed by atoms with Gasteiger partial charge in [-0.05, 0) is 12.1 Å². The first-order chi connectivity index (χ1) is 9.60. The molecule has 20 heavy (non-hydrogen) atoms. The Labute approximate surface area is 114 Å². The molecule has 0 saturated carbocycles. The minimum absolute atomic E-state index is 0.000406. The van der Waals surface area contributed by atoms with Crippen LogP contribution in [-0.2, 0) is 0 Å². The third-order valence-electron chi connectivity index (χ3n) is 2.98. The molecule has 1 unspecified atom stereocenters. The van der Waals surface area contributed by atoms with Crippen molar-refractivity contribution < 1.29 is 17.9 Å². The molecule has 0 heterocycles. The molecule has 0 aliphatic heterocycles. The molecule has 0 aliphatic rings. The van der Waals surface area contributed by atoms with Crippen LogP contribution < -0.4 is 16.0 Å². The first-order valence-corrected chi connectivity index (χ1v) is 5.82. The summed E-state index contributed by atoms with van der Waals surface area (Å²) < 4.78 is 46.1. The SMILES string of the molecule is COc1cccc(C(NN)c2cccc(F)c2F)c1F. The van der Waals surface area contributed by atoms with E-state index >= 15 is 0 Å². The smallest absolute Gasteiger partial charge is 0.170 e. The predicted octanol–water partition coefficient (Wildman–Crippen LogP) is 2.67. The summed E-state index contributed by atoms with van der Waals surface area (Å²) in [6.45, 7) is 0. The van der Waals surface area contributed by atoms with Crippen molar-refractivity contribution in [3.05, 3.63) is 65.0 Å². The van der Waals surface area contributed by atoms with Gasteiger partial charge in [-0.3, -0.25) is 5.84 Å². The molecule has 0 bridgehead atoms. The third-order valence-corrected chi connectivity index (χ3v) is 2.98. The van der Waals surface area contributed by atoms with E-state index in [1.54, 1.807) is 6.07 Å². The van der Waals surface area contributed by atoms with Crippen molar-refractivity contribution in [1.82, 2.24) is 5.43 Å². The molecule has 0 saturated heterocycles. The van der Waals surface area contributed by atoms with Gasteiger partial charge >= 0.3 is 0 Å². The van der Waals surface area contributed by atoms with E-state index in [9.17, 15) is 13.2 Å². The minimum Gasteiger partial charge on any atom is -0.494 e. The Morgan fingerprint density at radius 2 is 1.60 bits per heavy atom. The summed E-state index contributed by atoms with van der Waals surface area (Å²) in [5.74, 6) is 2.60. The van der Waals surface area contributed by atoms with Crippen LogP contribution in [0.15, 0.2) is 36.4 Å². The van der Waals surface area contributed by atoms with E-state index in [1.807, 2.05) is 0 Å². The fourth-order valence-corrected chi connectivity index (χ4v) is 2.00. The number of benzene rings is 2. The van der Waals surface area contributed by atoms with E-state index < -0.39 is 23.5 Å². The molecule has 0 spiro atoms. The van der Waals surface area contributed by atoms with Gasteiger partial charge in [0.05, 0.1) is 13.2 Å². The van der Waals surface area contributed by atoms with Crippen molar-refractivity contribution in [3.63, 3.8) is 0 Å². The maximum Gasteiger partial charge on any atom is 0.170 e. The Kier molecular flexibility index (Phi) is 4.26. The van der Waals surface area contributed by atoms with Crippen LogP contribution in [0.3, 0.4) is 0 Å². The summed E-state index contributed by atoms with van der Waals surface area (Å²) >= 11 is 0. The number of nitrogens with one attached hydrogen (secondary N) is 1. The summed E-state index contributed by atoms with van der Waals surface area (Å²) in [6, 6.07) is 7.01. The lowest BCUT2D eigenvalue weighted by molar-refractivity contribution is 0.381. The van der Waals surface area contributed by atoms with Crippen molar-refractivity contribution in [2.75, 3.05) is 7.11 Å². The van der Waals surface area contributed by atoms with Crippen molar-refractivity contribution in [3.8, 4) is 5.75 Å². The number of halogens is 3. The van der Waals surface area contributed by atoms with Crippen molar-refractivity contribution >= 4 is 0 Å². The van der Waals surface area contributed by atoms with Crippen LogP contribution in [0.1, 0.15) is 17.2 Å². The van der Waals surface area contributed by atoms with Crippen LogP contribution >= 0.6 is 0 Å². The number of hydrazine groups is 1. The van der Waals surface area contributed by atoms with E-state index in [0.29, 0.717) is 0 Å².